The van der Waals surface area contributed by atoms with E-state index in [1.54, 1.807) is 0 Å². The van der Waals surface area contributed by atoms with Gasteiger partial charge in [0.1, 0.15) is 0 Å². The van der Waals surface area contributed by atoms with Crippen molar-refractivity contribution in [1.82, 2.24) is 10.2 Å². The zero-order valence-corrected chi connectivity index (χ0v) is 13.5. The SMILES string of the molecule is CCC(C)(C)NCCN1CCC(C(C)(C)C)CC1. The molecular formula is C16H34N2. The number of nitrogens with zero attached hydrogens (tertiary/aromatic N) is 1. The highest BCUT2D eigenvalue weighted by atomic mass is 15.1. The molecule has 0 spiro atoms. The average Bonchev–Trinajstić information content (AvgIpc) is 2.28. The summed E-state index contributed by atoms with van der Waals surface area (Å²) in [5, 5.41) is 3.66. The monoisotopic (exact) mass is 254 g/mol. The molecule has 0 aromatic heterocycles. The minimum atomic E-state index is 0.295. The summed E-state index contributed by atoms with van der Waals surface area (Å²) in [6, 6.07) is 0. The molecule has 0 aromatic carbocycles. The van der Waals surface area contributed by atoms with E-state index < -0.39 is 0 Å². The minimum Gasteiger partial charge on any atom is -0.311 e. The molecule has 0 saturated carbocycles. The molecule has 1 saturated heterocycles. The molecule has 0 atom stereocenters. The van der Waals surface area contributed by atoms with Crippen molar-refractivity contribution in [2.45, 2.75) is 66.3 Å². The second kappa shape index (κ2) is 6.38. The van der Waals surface area contributed by atoms with Gasteiger partial charge in [0, 0.05) is 18.6 Å². The first kappa shape index (κ1) is 16.0. The Hall–Kier alpha value is -0.0800. The van der Waals surface area contributed by atoms with E-state index in [2.05, 4.69) is 51.8 Å². The lowest BCUT2D eigenvalue weighted by molar-refractivity contribution is 0.111. The summed E-state index contributed by atoms with van der Waals surface area (Å²) in [5.74, 6) is 0.911. The standard InChI is InChI=1S/C16H34N2/c1-7-16(5,6)17-10-13-18-11-8-14(9-12-18)15(2,3)4/h14,17H,7-13H2,1-6H3. The molecule has 0 bridgehead atoms. The van der Waals surface area contributed by atoms with Crippen molar-refractivity contribution < 1.29 is 0 Å². The topological polar surface area (TPSA) is 15.3 Å². The zero-order chi connectivity index (χ0) is 13.8. The van der Waals surface area contributed by atoms with Crippen LogP contribution < -0.4 is 5.32 Å². The Morgan fingerprint density at radius 1 is 1.06 bits per heavy atom. The van der Waals surface area contributed by atoms with Gasteiger partial charge in [0.2, 0.25) is 0 Å². The van der Waals surface area contributed by atoms with Gasteiger partial charge in [-0.25, -0.2) is 0 Å². The highest BCUT2D eigenvalue weighted by Gasteiger charge is 2.28. The first-order valence-electron chi connectivity index (χ1n) is 7.72. The fourth-order valence-electron chi connectivity index (χ4n) is 2.70. The van der Waals surface area contributed by atoms with E-state index in [1.165, 1.54) is 38.9 Å². The maximum absolute atomic E-state index is 3.66. The molecule has 0 radical (unpaired) electrons. The summed E-state index contributed by atoms with van der Waals surface area (Å²) in [7, 11) is 0. The lowest BCUT2D eigenvalue weighted by Gasteiger charge is -2.39. The highest BCUT2D eigenvalue weighted by Crippen LogP contribution is 2.34. The van der Waals surface area contributed by atoms with Gasteiger partial charge in [-0.3, -0.25) is 0 Å². The fourth-order valence-corrected chi connectivity index (χ4v) is 2.70. The number of hydrogen-bond donors (Lipinski definition) is 1. The Labute approximate surface area is 115 Å². The molecular weight excluding hydrogens is 220 g/mol. The van der Waals surface area contributed by atoms with Crippen LogP contribution in [0.15, 0.2) is 0 Å². The first-order valence-corrected chi connectivity index (χ1v) is 7.72. The Balaban J connectivity index is 2.20. The molecule has 1 aliphatic heterocycles. The van der Waals surface area contributed by atoms with E-state index in [4.69, 9.17) is 0 Å². The molecule has 1 aliphatic rings. The van der Waals surface area contributed by atoms with Crippen molar-refractivity contribution in [2.24, 2.45) is 11.3 Å². The van der Waals surface area contributed by atoms with E-state index >= 15 is 0 Å². The molecule has 0 unspecified atom stereocenters. The second-order valence-corrected chi connectivity index (χ2v) is 7.65. The summed E-state index contributed by atoms with van der Waals surface area (Å²) >= 11 is 0. The molecule has 2 nitrogen and oxygen atoms in total. The van der Waals surface area contributed by atoms with Crippen LogP contribution >= 0.6 is 0 Å². The van der Waals surface area contributed by atoms with Gasteiger partial charge < -0.3 is 10.2 Å². The normalized spacial score (nSPS) is 20.3. The van der Waals surface area contributed by atoms with Crippen LogP contribution in [0.3, 0.4) is 0 Å². The summed E-state index contributed by atoms with van der Waals surface area (Å²) in [4.78, 5) is 2.63. The van der Waals surface area contributed by atoms with Gasteiger partial charge in [0.15, 0.2) is 0 Å². The third kappa shape index (κ3) is 5.27. The van der Waals surface area contributed by atoms with Crippen molar-refractivity contribution in [3.05, 3.63) is 0 Å². The molecule has 2 heteroatoms. The molecule has 1 N–H and O–H groups in total. The molecule has 1 heterocycles. The van der Waals surface area contributed by atoms with Crippen molar-refractivity contribution in [1.29, 1.82) is 0 Å². The second-order valence-electron chi connectivity index (χ2n) is 7.65. The van der Waals surface area contributed by atoms with Crippen LogP contribution in [0.5, 0.6) is 0 Å². The van der Waals surface area contributed by atoms with E-state index in [0.29, 0.717) is 11.0 Å². The van der Waals surface area contributed by atoms with E-state index in [0.717, 1.165) is 12.5 Å². The molecule has 0 aliphatic carbocycles. The fraction of sp³-hybridized carbons (Fsp3) is 1.00. The van der Waals surface area contributed by atoms with Gasteiger partial charge in [-0.1, -0.05) is 27.7 Å². The molecule has 0 aromatic rings. The zero-order valence-electron chi connectivity index (χ0n) is 13.5. The Bertz CT molecular complexity index is 232. The van der Waals surface area contributed by atoms with Gasteiger partial charge in [0.05, 0.1) is 0 Å². The number of likely N-dealkylation sites (tertiary alicyclic amines) is 1. The van der Waals surface area contributed by atoms with Crippen LogP contribution in [0, 0.1) is 11.3 Å². The first-order chi connectivity index (χ1) is 8.24. The Morgan fingerprint density at radius 2 is 1.61 bits per heavy atom. The Morgan fingerprint density at radius 3 is 2.06 bits per heavy atom. The lowest BCUT2D eigenvalue weighted by atomic mass is 9.75. The van der Waals surface area contributed by atoms with Crippen molar-refractivity contribution in [3.8, 4) is 0 Å². The average molecular weight is 254 g/mol. The Kier molecular flexibility index (Phi) is 5.67. The summed E-state index contributed by atoms with van der Waals surface area (Å²) in [6.07, 6.45) is 3.94. The maximum atomic E-state index is 3.66. The quantitative estimate of drug-likeness (QED) is 0.807. The predicted molar refractivity (Wildman–Crippen MR) is 81.0 cm³/mol. The minimum absolute atomic E-state index is 0.295. The highest BCUT2D eigenvalue weighted by molar-refractivity contribution is 4.81. The van der Waals surface area contributed by atoms with E-state index in [9.17, 15) is 0 Å². The smallest absolute Gasteiger partial charge is 0.0123 e. The molecule has 1 fully saturated rings. The largest absolute Gasteiger partial charge is 0.311 e. The summed E-state index contributed by atoms with van der Waals surface area (Å²) in [5.41, 5.74) is 0.790. The number of rotatable bonds is 5. The van der Waals surface area contributed by atoms with Crippen molar-refractivity contribution in [2.75, 3.05) is 26.2 Å². The van der Waals surface area contributed by atoms with Crippen LogP contribution in [0.2, 0.25) is 0 Å². The van der Waals surface area contributed by atoms with Crippen molar-refractivity contribution >= 4 is 0 Å². The van der Waals surface area contributed by atoms with Crippen LogP contribution in [0.1, 0.15) is 60.8 Å². The summed E-state index contributed by atoms with van der Waals surface area (Å²) in [6.45, 7) is 18.9. The lowest BCUT2D eigenvalue weighted by Crippen LogP contribution is -2.45. The maximum Gasteiger partial charge on any atom is 0.0123 e. The number of hydrogen-bond acceptors (Lipinski definition) is 2. The van der Waals surface area contributed by atoms with Gasteiger partial charge >= 0.3 is 0 Å². The summed E-state index contributed by atoms with van der Waals surface area (Å²) < 4.78 is 0. The third-order valence-electron chi connectivity index (χ3n) is 4.73. The molecule has 0 amide bonds. The van der Waals surface area contributed by atoms with Gasteiger partial charge in [-0.2, -0.15) is 0 Å². The number of piperidine rings is 1. The van der Waals surface area contributed by atoms with E-state index in [-0.39, 0.29) is 0 Å². The van der Waals surface area contributed by atoms with Crippen LogP contribution in [-0.2, 0) is 0 Å². The third-order valence-corrected chi connectivity index (χ3v) is 4.73. The van der Waals surface area contributed by atoms with Crippen LogP contribution in [0.4, 0.5) is 0 Å². The predicted octanol–water partition coefficient (Wildman–Crippen LogP) is 3.52. The van der Waals surface area contributed by atoms with Crippen LogP contribution in [-0.4, -0.2) is 36.6 Å². The number of nitrogens with one attached hydrogen (secondary N) is 1. The van der Waals surface area contributed by atoms with Crippen molar-refractivity contribution in [3.63, 3.8) is 0 Å². The van der Waals surface area contributed by atoms with Gasteiger partial charge in [-0.15, -0.1) is 0 Å². The molecule has 108 valence electrons. The molecule has 18 heavy (non-hydrogen) atoms. The van der Waals surface area contributed by atoms with Gasteiger partial charge in [0.25, 0.3) is 0 Å². The van der Waals surface area contributed by atoms with Gasteiger partial charge in [-0.05, 0) is 57.5 Å². The van der Waals surface area contributed by atoms with E-state index in [1.807, 2.05) is 0 Å². The molecule has 1 rings (SSSR count). The van der Waals surface area contributed by atoms with Crippen LogP contribution in [0.25, 0.3) is 0 Å².